The van der Waals surface area contributed by atoms with Gasteiger partial charge < -0.3 is 0 Å². The summed E-state index contributed by atoms with van der Waals surface area (Å²) in [6.45, 7) is 0. The van der Waals surface area contributed by atoms with Crippen molar-refractivity contribution in [2.24, 2.45) is 0 Å². The van der Waals surface area contributed by atoms with Gasteiger partial charge in [-0.3, -0.25) is 0 Å². The highest BCUT2D eigenvalue weighted by molar-refractivity contribution is 9.11. The Morgan fingerprint density at radius 1 is 1.00 bits per heavy atom. The Hall–Kier alpha value is -0.380. The first kappa shape index (κ1) is 12.7. The number of hydrogen-bond acceptors (Lipinski definition) is 3. The van der Waals surface area contributed by atoms with Gasteiger partial charge in [-0.15, -0.1) is 10.2 Å². The predicted molar refractivity (Wildman–Crippen MR) is 42.5 cm³/mol. The molecule has 1 aromatic rings. The Kier molecular flexibility index (Phi) is 3.29. The smallest absolute Gasteiger partial charge is 0.170 e. The Bertz CT molecular complexity index is 330. The summed E-state index contributed by atoms with van der Waals surface area (Å²) in [6, 6.07) is 0. The molecule has 0 radical (unpaired) electrons. The van der Waals surface area contributed by atoms with E-state index in [-0.39, 0.29) is 15.3 Å². The standard InChI is InChI=1S/C5HBrF6N2S/c6-3-14-13-2(15-3)1(4(7,8)9)5(10,11)12/h1H. The first-order valence-electron chi connectivity index (χ1n) is 3.24. The van der Waals surface area contributed by atoms with Crippen LogP contribution in [-0.2, 0) is 0 Å². The van der Waals surface area contributed by atoms with Gasteiger partial charge in [0.25, 0.3) is 0 Å². The number of rotatable bonds is 1. The highest BCUT2D eigenvalue weighted by atomic mass is 79.9. The van der Waals surface area contributed by atoms with Crippen molar-refractivity contribution in [1.29, 1.82) is 0 Å². The van der Waals surface area contributed by atoms with Crippen LogP contribution in [0.2, 0.25) is 0 Å². The average molecular weight is 315 g/mol. The molecule has 0 atom stereocenters. The van der Waals surface area contributed by atoms with Crippen LogP contribution >= 0.6 is 27.3 Å². The second-order valence-electron chi connectivity index (χ2n) is 2.41. The SMILES string of the molecule is FC(F)(F)C(c1nnc(Br)s1)C(F)(F)F. The van der Waals surface area contributed by atoms with E-state index in [0.29, 0.717) is 0 Å². The van der Waals surface area contributed by atoms with Gasteiger partial charge in [0.1, 0.15) is 5.01 Å². The van der Waals surface area contributed by atoms with E-state index in [1.54, 1.807) is 0 Å². The monoisotopic (exact) mass is 314 g/mol. The molecule has 0 fully saturated rings. The Morgan fingerprint density at radius 3 is 1.73 bits per heavy atom. The second-order valence-corrected chi connectivity index (χ2v) is 4.69. The van der Waals surface area contributed by atoms with E-state index in [1.165, 1.54) is 0 Å². The van der Waals surface area contributed by atoms with Crippen LogP contribution in [0.3, 0.4) is 0 Å². The fraction of sp³-hybridized carbons (Fsp3) is 0.600. The van der Waals surface area contributed by atoms with Crippen LogP contribution in [0.4, 0.5) is 26.3 Å². The lowest BCUT2D eigenvalue weighted by Gasteiger charge is -2.19. The summed E-state index contributed by atoms with van der Waals surface area (Å²) < 4.78 is 72.6. The van der Waals surface area contributed by atoms with Gasteiger partial charge in [-0.25, -0.2) is 0 Å². The molecule has 86 valence electrons. The van der Waals surface area contributed by atoms with Gasteiger partial charge in [0.05, 0.1) is 0 Å². The Labute approximate surface area is 91.4 Å². The number of hydrogen-bond donors (Lipinski definition) is 0. The molecular weight excluding hydrogens is 314 g/mol. The number of halogens is 7. The molecule has 0 saturated heterocycles. The minimum Gasteiger partial charge on any atom is -0.170 e. The molecule has 15 heavy (non-hydrogen) atoms. The summed E-state index contributed by atoms with van der Waals surface area (Å²) in [4.78, 5) is 0. The van der Waals surface area contributed by atoms with Crippen molar-refractivity contribution >= 4 is 27.3 Å². The highest BCUT2D eigenvalue weighted by Crippen LogP contribution is 2.47. The molecule has 0 spiro atoms. The summed E-state index contributed by atoms with van der Waals surface area (Å²) in [5, 5.41) is 4.76. The van der Waals surface area contributed by atoms with Crippen LogP contribution in [0.25, 0.3) is 0 Å². The Morgan fingerprint density at radius 2 is 1.47 bits per heavy atom. The van der Waals surface area contributed by atoms with E-state index in [2.05, 4.69) is 26.1 Å². The van der Waals surface area contributed by atoms with Crippen molar-refractivity contribution in [3.8, 4) is 0 Å². The summed E-state index contributed by atoms with van der Waals surface area (Å²) in [6.07, 6.45) is -10.8. The molecule has 2 nitrogen and oxygen atoms in total. The maximum Gasteiger partial charge on any atom is 0.406 e. The minimum atomic E-state index is -5.42. The van der Waals surface area contributed by atoms with E-state index in [9.17, 15) is 26.3 Å². The van der Waals surface area contributed by atoms with Crippen LogP contribution in [0.1, 0.15) is 10.9 Å². The van der Waals surface area contributed by atoms with Crippen molar-refractivity contribution in [2.45, 2.75) is 18.3 Å². The van der Waals surface area contributed by atoms with Gasteiger partial charge in [-0.05, 0) is 15.9 Å². The molecule has 1 rings (SSSR count). The lowest BCUT2D eigenvalue weighted by molar-refractivity contribution is -0.253. The molecule has 0 aromatic carbocycles. The minimum absolute atomic E-state index is 0.129. The average Bonchev–Trinajstić information content (AvgIpc) is 2.28. The number of aromatic nitrogens is 2. The van der Waals surface area contributed by atoms with Crippen LogP contribution in [0.15, 0.2) is 3.92 Å². The highest BCUT2D eigenvalue weighted by Gasteiger charge is 2.59. The van der Waals surface area contributed by atoms with E-state index < -0.39 is 23.3 Å². The summed E-state index contributed by atoms with van der Waals surface area (Å²) in [5.41, 5.74) is 0. The first-order valence-corrected chi connectivity index (χ1v) is 4.85. The zero-order valence-electron chi connectivity index (χ0n) is 6.53. The second kappa shape index (κ2) is 3.89. The van der Waals surface area contributed by atoms with E-state index >= 15 is 0 Å². The largest absolute Gasteiger partial charge is 0.406 e. The van der Waals surface area contributed by atoms with Crippen molar-refractivity contribution in [3.63, 3.8) is 0 Å². The topological polar surface area (TPSA) is 25.8 Å². The molecular formula is C5HBrF6N2S. The Balaban J connectivity index is 3.14. The maximum absolute atomic E-state index is 12.1. The van der Waals surface area contributed by atoms with Crippen LogP contribution in [0.5, 0.6) is 0 Å². The molecule has 0 unspecified atom stereocenters. The molecule has 1 aromatic heterocycles. The molecule has 0 aliphatic carbocycles. The predicted octanol–water partition coefficient (Wildman–Crippen LogP) is 3.51. The van der Waals surface area contributed by atoms with Crippen molar-refractivity contribution in [2.75, 3.05) is 0 Å². The van der Waals surface area contributed by atoms with Gasteiger partial charge in [0, 0.05) is 0 Å². The first-order chi connectivity index (χ1) is 6.62. The van der Waals surface area contributed by atoms with E-state index in [1.807, 2.05) is 0 Å². The molecule has 0 amide bonds. The van der Waals surface area contributed by atoms with Crippen molar-refractivity contribution in [3.05, 3.63) is 8.92 Å². The van der Waals surface area contributed by atoms with Crippen LogP contribution in [0, 0.1) is 0 Å². The zero-order chi connectivity index (χ0) is 11.9. The van der Waals surface area contributed by atoms with Crippen LogP contribution < -0.4 is 0 Å². The summed E-state index contributed by atoms with van der Waals surface area (Å²) in [5.74, 6) is -3.58. The molecule has 0 N–H and O–H groups in total. The summed E-state index contributed by atoms with van der Waals surface area (Å²) in [7, 11) is 0. The third-order valence-electron chi connectivity index (χ3n) is 1.32. The quantitative estimate of drug-likeness (QED) is 0.741. The lowest BCUT2D eigenvalue weighted by Crippen LogP contribution is -2.34. The van der Waals surface area contributed by atoms with Crippen LogP contribution in [-0.4, -0.2) is 22.5 Å². The molecule has 0 saturated carbocycles. The van der Waals surface area contributed by atoms with Gasteiger partial charge in [-0.1, -0.05) is 11.3 Å². The number of alkyl halides is 6. The normalized spacial score (nSPS) is 13.6. The van der Waals surface area contributed by atoms with Crippen molar-refractivity contribution in [1.82, 2.24) is 10.2 Å². The van der Waals surface area contributed by atoms with Gasteiger partial charge in [-0.2, -0.15) is 26.3 Å². The van der Waals surface area contributed by atoms with Gasteiger partial charge in [0.2, 0.25) is 5.92 Å². The fourth-order valence-corrected chi connectivity index (χ4v) is 2.10. The molecule has 0 aliphatic heterocycles. The zero-order valence-corrected chi connectivity index (χ0v) is 8.93. The lowest BCUT2D eigenvalue weighted by atomic mass is 10.1. The van der Waals surface area contributed by atoms with E-state index in [4.69, 9.17) is 0 Å². The number of nitrogens with zero attached hydrogens (tertiary/aromatic N) is 2. The van der Waals surface area contributed by atoms with Gasteiger partial charge >= 0.3 is 12.4 Å². The molecule has 1 heterocycles. The summed E-state index contributed by atoms with van der Waals surface area (Å²) >= 11 is 2.85. The van der Waals surface area contributed by atoms with Crippen molar-refractivity contribution < 1.29 is 26.3 Å². The fourth-order valence-electron chi connectivity index (χ4n) is 0.798. The third-order valence-corrected chi connectivity index (χ3v) is 2.74. The van der Waals surface area contributed by atoms with Gasteiger partial charge in [0.15, 0.2) is 3.92 Å². The third kappa shape index (κ3) is 3.03. The molecule has 0 bridgehead atoms. The molecule has 0 aliphatic rings. The van der Waals surface area contributed by atoms with E-state index in [0.717, 1.165) is 0 Å². The maximum atomic E-state index is 12.1. The molecule has 10 heteroatoms.